The van der Waals surface area contributed by atoms with Gasteiger partial charge >= 0.3 is 15.6 Å². The van der Waals surface area contributed by atoms with Gasteiger partial charge in [-0.05, 0) is 0 Å². The van der Waals surface area contributed by atoms with Gasteiger partial charge in [0.15, 0.2) is 0 Å². The maximum absolute atomic E-state index is 11.8. The Balaban J connectivity index is 2.53. The standard InChI is InChI=1S/C6H9F3O4S/c1-5(2-12-3-5)4-13-14(10,11)6(7,8)9/h2-4H2,1H3. The summed E-state index contributed by atoms with van der Waals surface area (Å²) in [5.74, 6) is 0. The predicted molar refractivity (Wildman–Crippen MR) is 39.9 cm³/mol. The summed E-state index contributed by atoms with van der Waals surface area (Å²) in [5, 5.41) is 0. The Morgan fingerprint density at radius 3 is 2.21 bits per heavy atom. The van der Waals surface area contributed by atoms with E-state index in [1.165, 1.54) is 0 Å². The lowest BCUT2D eigenvalue weighted by Gasteiger charge is -2.37. The van der Waals surface area contributed by atoms with Crippen LogP contribution < -0.4 is 0 Å². The van der Waals surface area contributed by atoms with Crippen LogP contribution in [-0.4, -0.2) is 33.7 Å². The van der Waals surface area contributed by atoms with Crippen molar-refractivity contribution in [2.24, 2.45) is 5.41 Å². The first-order valence-corrected chi connectivity index (χ1v) is 5.11. The summed E-state index contributed by atoms with van der Waals surface area (Å²) in [7, 11) is -5.46. The molecule has 4 nitrogen and oxygen atoms in total. The quantitative estimate of drug-likeness (QED) is 0.537. The van der Waals surface area contributed by atoms with Crippen LogP contribution in [0.4, 0.5) is 13.2 Å². The maximum atomic E-state index is 11.8. The van der Waals surface area contributed by atoms with Crippen LogP contribution in [0.2, 0.25) is 0 Å². The third-order valence-corrected chi connectivity index (χ3v) is 2.74. The van der Waals surface area contributed by atoms with Crippen LogP contribution in [0, 0.1) is 5.41 Å². The highest BCUT2D eigenvalue weighted by molar-refractivity contribution is 7.87. The summed E-state index contributed by atoms with van der Waals surface area (Å²) in [4.78, 5) is 0. The van der Waals surface area contributed by atoms with Gasteiger partial charge in [0.1, 0.15) is 0 Å². The van der Waals surface area contributed by atoms with Gasteiger partial charge in [-0.15, -0.1) is 0 Å². The number of halogens is 3. The summed E-state index contributed by atoms with van der Waals surface area (Å²) in [6, 6.07) is 0. The minimum Gasteiger partial charge on any atom is -0.380 e. The van der Waals surface area contributed by atoms with Crippen molar-refractivity contribution in [2.45, 2.75) is 12.4 Å². The summed E-state index contributed by atoms with van der Waals surface area (Å²) in [6.07, 6.45) is 0. The zero-order valence-electron chi connectivity index (χ0n) is 7.30. The highest BCUT2D eigenvalue weighted by atomic mass is 32.2. The molecule has 1 saturated heterocycles. The third-order valence-electron chi connectivity index (χ3n) is 1.75. The molecule has 0 unspecified atom stereocenters. The first kappa shape index (κ1) is 11.7. The minimum absolute atomic E-state index is 0.209. The molecule has 0 N–H and O–H groups in total. The fraction of sp³-hybridized carbons (Fsp3) is 1.00. The fourth-order valence-corrected chi connectivity index (χ4v) is 1.39. The Morgan fingerprint density at radius 1 is 1.43 bits per heavy atom. The molecule has 84 valence electrons. The Hall–Kier alpha value is -0.340. The molecule has 1 fully saturated rings. The highest BCUT2D eigenvalue weighted by Crippen LogP contribution is 2.30. The number of rotatable bonds is 3. The summed E-state index contributed by atoms with van der Waals surface area (Å²) >= 11 is 0. The summed E-state index contributed by atoms with van der Waals surface area (Å²) < 4.78 is 64.9. The van der Waals surface area contributed by atoms with E-state index in [2.05, 4.69) is 4.18 Å². The van der Waals surface area contributed by atoms with Crippen LogP contribution >= 0.6 is 0 Å². The molecule has 0 bridgehead atoms. The molecule has 0 radical (unpaired) electrons. The lowest BCUT2D eigenvalue weighted by molar-refractivity contribution is -0.124. The normalized spacial score (nSPS) is 21.7. The van der Waals surface area contributed by atoms with Crippen molar-refractivity contribution in [1.29, 1.82) is 0 Å². The minimum atomic E-state index is -5.46. The molecule has 14 heavy (non-hydrogen) atoms. The van der Waals surface area contributed by atoms with Crippen LogP contribution in [0.1, 0.15) is 6.92 Å². The Bertz CT molecular complexity index is 304. The van der Waals surface area contributed by atoms with Gasteiger partial charge in [0, 0.05) is 5.41 Å². The monoisotopic (exact) mass is 234 g/mol. The van der Waals surface area contributed by atoms with E-state index >= 15 is 0 Å². The molecule has 1 heterocycles. The van der Waals surface area contributed by atoms with Crippen LogP contribution in [0.15, 0.2) is 0 Å². The summed E-state index contributed by atoms with van der Waals surface area (Å²) in [5.41, 5.74) is -5.98. The second-order valence-electron chi connectivity index (χ2n) is 3.47. The second-order valence-corrected chi connectivity index (χ2v) is 5.07. The maximum Gasteiger partial charge on any atom is 0.523 e. The van der Waals surface area contributed by atoms with Crippen LogP contribution in [0.25, 0.3) is 0 Å². The molecule has 0 amide bonds. The van der Waals surface area contributed by atoms with E-state index in [1.54, 1.807) is 6.92 Å². The molecule has 8 heteroatoms. The first-order valence-electron chi connectivity index (χ1n) is 3.70. The Morgan fingerprint density at radius 2 is 1.93 bits per heavy atom. The molecule has 1 aliphatic heterocycles. The average molecular weight is 234 g/mol. The molecule has 0 spiro atoms. The molecule has 1 aliphatic rings. The topological polar surface area (TPSA) is 52.6 Å². The van der Waals surface area contributed by atoms with Crippen molar-refractivity contribution in [3.8, 4) is 0 Å². The van der Waals surface area contributed by atoms with Crippen molar-refractivity contribution in [3.63, 3.8) is 0 Å². The van der Waals surface area contributed by atoms with Gasteiger partial charge in [-0.2, -0.15) is 21.6 Å². The molecule has 0 saturated carbocycles. The van der Waals surface area contributed by atoms with E-state index < -0.39 is 27.6 Å². The van der Waals surface area contributed by atoms with Crippen LogP contribution in [0.5, 0.6) is 0 Å². The zero-order valence-corrected chi connectivity index (χ0v) is 8.11. The zero-order chi connectivity index (χ0) is 11.0. The third kappa shape index (κ3) is 2.37. The van der Waals surface area contributed by atoms with Crippen LogP contribution in [0.3, 0.4) is 0 Å². The van der Waals surface area contributed by atoms with Gasteiger partial charge in [-0.3, -0.25) is 4.18 Å². The fourth-order valence-electron chi connectivity index (χ4n) is 0.821. The molecule has 0 aromatic carbocycles. The van der Waals surface area contributed by atoms with Gasteiger partial charge < -0.3 is 4.74 Å². The SMILES string of the molecule is CC1(COS(=O)(=O)C(F)(F)F)COC1. The molecule has 1 rings (SSSR count). The number of ether oxygens (including phenoxy) is 1. The molecule has 0 aromatic rings. The van der Waals surface area contributed by atoms with E-state index in [9.17, 15) is 21.6 Å². The Labute approximate surface area is 79.1 Å². The second kappa shape index (κ2) is 3.35. The highest BCUT2D eigenvalue weighted by Gasteiger charge is 2.49. The van der Waals surface area contributed by atoms with E-state index in [0.29, 0.717) is 0 Å². The molecular formula is C6H9F3O4S. The first-order chi connectivity index (χ1) is 6.16. The van der Waals surface area contributed by atoms with Gasteiger partial charge in [-0.1, -0.05) is 6.92 Å². The van der Waals surface area contributed by atoms with Crippen molar-refractivity contribution in [2.75, 3.05) is 19.8 Å². The number of alkyl halides is 3. The van der Waals surface area contributed by atoms with Crippen molar-refractivity contribution in [3.05, 3.63) is 0 Å². The van der Waals surface area contributed by atoms with Gasteiger partial charge in [-0.25, -0.2) is 0 Å². The number of hydrogen-bond donors (Lipinski definition) is 0. The van der Waals surface area contributed by atoms with Crippen LogP contribution in [-0.2, 0) is 19.0 Å². The van der Waals surface area contributed by atoms with E-state index in [-0.39, 0.29) is 13.2 Å². The van der Waals surface area contributed by atoms with E-state index in [0.717, 1.165) is 0 Å². The van der Waals surface area contributed by atoms with Crippen molar-refractivity contribution < 1.29 is 30.5 Å². The number of hydrogen-bond acceptors (Lipinski definition) is 4. The smallest absolute Gasteiger partial charge is 0.380 e. The largest absolute Gasteiger partial charge is 0.523 e. The van der Waals surface area contributed by atoms with E-state index in [4.69, 9.17) is 4.74 Å². The lowest BCUT2D eigenvalue weighted by atomic mass is 9.90. The molecule has 0 aromatic heterocycles. The Kier molecular flexibility index (Phi) is 2.81. The van der Waals surface area contributed by atoms with E-state index in [1.807, 2.05) is 0 Å². The van der Waals surface area contributed by atoms with Crippen molar-refractivity contribution in [1.82, 2.24) is 0 Å². The summed E-state index contributed by atoms with van der Waals surface area (Å²) in [6.45, 7) is 1.50. The molecule has 0 aliphatic carbocycles. The van der Waals surface area contributed by atoms with Crippen molar-refractivity contribution >= 4 is 10.1 Å². The molecular weight excluding hydrogens is 225 g/mol. The van der Waals surface area contributed by atoms with Gasteiger partial charge in [0.05, 0.1) is 19.8 Å². The predicted octanol–water partition coefficient (Wildman–Crippen LogP) is 0.889. The lowest BCUT2D eigenvalue weighted by Crippen LogP contribution is -2.45. The van der Waals surface area contributed by atoms with Gasteiger partial charge in [0.2, 0.25) is 0 Å². The average Bonchev–Trinajstić information content (AvgIpc) is 1.95. The molecule has 0 atom stereocenters. The van der Waals surface area contributed by atoms with Gasteiger partial charge in [0.25, 0.3) is 0 Å².